The fourth-order valence-electron chi connectivity index (χ4n) is 2.94. The summed E-state index contributed by atoms with van der Waals surface area (Å²) in [4.78, 5) is 36.2. The molecule has 0 radical (unpaired) electrons. The molecule has 0 saturated carbocycles. The van der Waals surface area contributed by atoms with Gasteiger partial charge in [0.2, 0.25) is 0 Å². The molecule has 4 N–H and O–H groups in total. The third-order valence-electron chi connectivity index (χ3n) is 4.55. The number of hydrogen-bond donors (Lipinski definition) is 3. The van der Waals surface area contributed by atoms with Gasteiger partial charge in [-0.15, -0.1) is 0 Å². The minimum atomic E-state index is -0.637. The van der Waals surface area contributed by atoms with Crippen molar-refractivity contribution in [1.29, 1.82) is 0 Å². The number of para-hydroxylation sites is 2. The van der Waals surface area contributed by atoms with Crippen LogP contribution in [-0.2, 0) is 4.79 Å². The SMILES string of the molecule is COc1ccccc1NC(=O)c1ccc(NC(=O)COc2cc(C)ccc2C(N)=O)cc1. The van der Waals surface area contributed by atoms with Crippen LogP contribution >= 0.6 is 0 Å². The summed E-state index contributed by atoms with van der Waals surface area (Å²) in [6.07, 6.45) is 0. The van der Waals surface area contributed by atoms with E-state index in [1.807, 2.05) is 13.0 Å². The van der Waals surface area contributed by atoms with Gasteiger partial charge in [-0.25, -0.2) is 0 Å². The van der Waals surface area contributed by atoms with Crippen molar-refractivity contribution in [2.75, 3.05) is 24.4 Å². The fraction of sp³-hybridized carbons (Fsp3) is 0.125. The van der Waals surface area contributed by atoms with E-state index in [0.717, 1.165) is 5.56 Å². The number of aryl methyl sites for hydroxylation is 1. The smallest absolute Gasteiger partial charge is 0.262 e. The van der Waals surface area contributed by atoms with E-state index in [0.29, 0.717) is 22.7 Å². The van der Waals surface area contributed by atoms with Gasteiger partial charge in [-0.3, -0.25) is 14.4 Å². The largest absolute Gasteiger partial charge is 0.495 e. The molecule has 0 fully saturated rings. The van der Waals surface area contributed by atoms with Crippen LogP contribution < -0.4 is 25.8 Å². The lowest BCUT2D eigenvalue weighted by Crippen LogP contribution is -2.22. The first-order valence-electron chi connectivity index (χ1n) is 9.75. The minimum absolute atomic E-state index is 0.203. The third-order valence-corrected chi connectivity index (χ3v) is 4.55. The summed E-state index contributed by atoms with van der Waals surface area (Å²) in [5.41, 5.74) is 7.87. The summed E-state index contributed by atoms with van der Waals surface area (Å²) in [5, 5.41) is 5.46. The Morgan fingerprint density at radius 2 is 1.62 bits per heavy atom. The number of hydrogen-bond acceptors (Lipinski definition) is 5. The molecule has 3 aromatic carbocycles. The van der Waals surface area contributed by atoms with Crippen molar-refractivity contribution in [3.63, 3.8) is 0 Å². The van der Waals surface area contributed by atoms with Crippen molar-refractivity contribution in [2.24, 2.45) is 5.73 Å². The molecule has 0 aromatic heterocycles. The summed E-state index contributed by atoms with van der Waals surface area (Å²) >= 11 is 0. The molecule has 8 nitrogen and oxygen atoms in total. The Labute approximate surface area is 185 Å². The minimum Gasteiger partial charge on any atom is -0.495 e. The average Bonchev–Trinajstić information content (AvgIpc) is 2.78. The van der Waals surface area contributed by atoms with Crippen molar-refractivity contribution in [1.82, 2.24) is 0 Å². The molecule has 164 valence electrons. The summed E-state index contributed by atoms with van der Waals surface area (Å²) in [6, 6.07) is 18.4. The second-order valence-corrected chi connectivity index (χ2v) is 6.93. The first-order chi connectivity index (χ1) is 15.4. The van der Waals surface area contributed by atoms with E-state index in [1.165, 1.54) is 7.11 Å². The topological polar surface area (TPSA) is 120 Å². The van der Waals surface area contributed by atoms with Gasteiger partial charge in [-0.05, 0) is 61.0 Å². The van der Waals surface area contributed by atoms with Crippen molar-refractivity contribution in [3.05, 3.63) is 83.4 Å². The van der Waals surface area contributed by atoms with E-state index in [9.17, 15) is 14.4 Å². The van der Waals surface area contributed by atoms with Gasteiger partial charge in [0, 0.05) is 11.3 Å². The average molecular weight is 433 g/mol. The third kappa shape index (κ3) is 5.63. The molecule has 0 bridgehead atoms. The van der Waals surface area contributed by atoms with E-state index in [-0.39, 0.29) is 23.8 Å². The number of nitrogens with one attached hydrogen (secondary N) is 2. The van der Waals surface area contributed by atoms with Gasteiger partial charge in [0.25, 0.3) is 17.7 Å². The summed E-state index contributed by atoms with van der Waals surface area (Å²) in [6.45, 7) is 1.53. The zero-order valence-corrected chi connectivity index (χ0v) is 17.7. The molecule has 0 heterocycles. The maximum absolute atomic E-state index is 12.5. The van der Waals surface area contributed by atoms with Gasteiger partial charge in [0.1, 0.15) is 11.5 Å². The number of carbonyl (C=O) groups is 3. The van der Waals surface area contributed by atoms with E-state index < -0.39 is 11.8 Å². The van der Waals surface area contributed by atoms with Gasteiger partial charge in [-0.1, -0.05) is 18.2 Å². The number of nitrogens with two attached hydrogens (primary N) is 1. The summed E-state index contributed by atoms with van der Waals surface area (Å²) in [5.74, 6) is -0.571. The number of methoxy groups -OCH3 is 1. The van der Waals surface area contributed by atoms with Crippen molar-refractivity contribution >= 4 is 29.1 Å². The molecule has 0 aliphatic carbocycles. The molecule has 32 heavy (non-hydrogen) atoms. The second kappa shape index (κ2) is 10.1. The van der Waals surface area contributed by atoms with Crippen LogP contribution in [0.5, 0.6) is 11.5 Å². The van der Waals surface area contributed by atoms with Gasteiger partial charge >= 0.3 is 0 Å². The van der Waals surface area contributed by atoms with Crippen LogP contribution in [0.1, 0.15) is 26.3 Å². The van der Waals surface area contributed by atoms with Crippen LogP contribution in [0, 0.1) is 6.92 Å². The van der Waals surface area contributed by atoms with Gasteiger partial charge in [0.05, 0.1) is 18.4 Å². The van der Waals surface area contributed by atoms with Crippen LogP contribution in [0.2, 0.25) is 0 Å². The van der Waals surface area contributed by atoms with Crippen molar-refractivity contribution in [3.8, 4) is 11.5 Å². The summed E-state index contributed by atoms with van der Waals surface area (Å²) in [7, 11) is 1.53. The first kappa shape index (κ1) is 22.4. The highest BCUT2D eigenvalue weighted by molar-refractivity contribution is 6.05. The molecule has 0 aliphatic rings. The van der Waals surface area contributed by atoms with Crippen LogP contribution in [0.25, 0.3) is 0 Å². The molecule has 8 heteroatoms. The Balaban J connectivity index is 1.59. The number of benzene rings is 3. The van der Waals surface area contributed by atoms with E-state index >= 15 is 0 Å². The van der Waals surface area contributed by atoms with Crippen LogP contribution in [0.4, 0.5) is 11.4 Å². The van der Waals surface area contributed by atoms with Gasteiger partial charge < -0.3 is 25.8 Å². The quantitative estimate of drug-likeness (QED) is 0.503. The molecule has 0 atom stereocenters. The van der Waals surface area contributed by atoms with E-state index in [4.69, 9.17) is 15.2 Å². The normalized spacial score (nSPS) is 10.2. The number of primary amides is 1. The lowest BCUT2D eigenvalue weighted by molar-refractivity contribution is -0.118. The predicted molar refractivity (Wildman–Crippen MR) is 121 cm³/mol. The zero-order chi connectivity index (χ0) is 23.1. The second-order valence-electron chi connectivity index (χ2n) is 6.93. The molecular formula is C24H23N3O5. The molecule has 0 saturated heterocycles. The van der Waals surface area contributed by atoms with Crippen LogP contribution in [0.15, 0.2) is 66.7 Å². The lowest BCUT2D eigenvalue weighted by atomic mass is 10.1. The fourth-order valence-corrected chi connectivity index (χ4v) is 2.94. The molecule has 3 amide bonds. The highest BCUT2D eigenvalue weighted by Crippen LogP contribution is 2.24. The Morgan fingerprint density at radius 3 is 2.31 bits per heavy atom. The molecule has 3 rings (SSSR count). The van der Waals surface area contributed by atoms with E-state index in [1.54, 1.807) is 60.7 Å². The highest BCUT2D eigenvalue weighted by atomic mass is 16.5. The maximum Gasteiger partial charge on any atom is 0.262 e. The van der Waals surface area contributed by atoms with Crippen LogP contribution in [-0.4, -0.2) is 31.4 Å². The highest BCUT2D eigenvalue weighted by Gasteiger charge is 2.13. The number of ether oxygens (including phenoxy) is 2. The van der Waals surface area contributed by atoms with E-state index in [2.05, 4.69) is 10.6 Å². The number of anilines is 2. The molecule has 0 aliphatic heterocycles. The molecule has 0 unspecified atom stereocenters. The van der Waals surface area contributed by atoms with Crippen LogP contribution in [0.3, 0.4) is 0 Å². The lowest BCUT2D eigenvalue weighted by Gasteiger charge is -2.12. The molecular weight excluding hydrogens is 410 g/mol. The monoisotopic (exact) mass is 433 g/mol. The zero-order valence-electron chi connectivity index (χ0n) is 17.7. The number of carbonyl (C=O) groups excluding carboxylic acids is 3. The maximum atomic E-state index is 12.5. The Kier molecular flexibility index (Phi) is 7.07. The standard InChI is InChI=1S/C24H23N3O5/c1-15-7-12-18(23(25)29)21(13-15)32-14-22(28)26-17-10-8-16(9-11-17)24(30)27-19-5-3-4-6-20(19)31-2/h3-13H,14H2,1-2H3,(H2,25,29)(H,26,28)(H,27,30). The van der Waals surface area contributed by atoms with Gasteiger partial charge in [-0.2, -0.15) is 0 Å². The van der Waals surface area contributed by atoms with Gasteiger partial charge in [0.15, 0.2) is 6.61 Å². The Morgan fingerprint density at radius 1 is 0.906 bits per heavy atom. The number of rotatable bonds is 8. The summed E-state index contributed by atoms with van der Waals surface area (Å²) < 4.78 is 10.7. The number of amides is 3. The first-order valence-corrected chi connectivity index (χ1v) is 9.75. The van der Waals surface area contributed by atoms with Crippen molar-refractivity contribution < 1.29 is 23.9 Å². The Hall–Kier alpha value is -4.33. The van der Waals surface area contributed by atoms with Crippen molar-refractivity contribution in [2.45, 2.75) is 6.92 Å². The molecule has 0 spiro atoms. The molecule has 3 aromatic rings. The predicted octanol–water partition coefficient (Wildman–Crippen LogP) is 3.37. The Bertz CT molecular complexity index is 1140.